The molecule has 0 atom stereocenters. The van der Waals surface area contributed by atoms with Gasteiger partial charge in [-0.3, -0.25) is 4.90 Å². The Balaban J connectivity index is 1.59. The van der Waals surface area contributed by atoms with Gasteiger partial charge in [-0.2, -0.15) is 0 Å². The Labute approximate surface area is 189 Å². The predicted molar refractivity (Wildman–Crippen MR) is 125 cm³/mol. The molecular formula is C26H25NO6. The molecule has 1 saturated heterocycles. The molecule has 2 N–H and O–H groups in total. The van der Waals surface area contributed by atoms with Crippen molar-refractivity contribution < 1.29 is 19.0 Å². The van der Waals surface area contributed by atoms with Crippen LogP contribution in [0.2, 0.25) is 0 Å². The first-order valence-electron chi connectivity index (χ1n) is 11.2. The molecule has 1 aliphatic heterocycles. The van der Waals surface area contributed by atoms with Gasteiger partial charge in [0.05, 0.1) is 11.1 Å². The summed E-state index contributed by atoms with van der Waals surface area (Å²) in [4.78, 5) is 27.5. The first kappa shape index (κ1) is 21.4. The number of nitrogens with zero attached hydrogens (tertiary/aromatic N) is 1. The molecule has 0 unspecified atom stereocenters. The van der Waals surface area contributed by atoms with Gasteiger partial charge in [-0.1, -0.05) is 18.2 Å². The van der Waals surface area contributed by atoms with Crippen LogP contribution in [-0.2, 0) is 6.54 Å². The van der Waals surface area contributed by atoms with E-state index in [4.69, 9.17) is 8.83 Å². The molecule has 0 aliphatic carbocycles. The second kappa shape index (κ2) is 8.84. The Hall–Kier alpha value is -3.42. The van der Waals surface area contributed by atoms with Crippen molar-refractivity contribution in [3.05, 3.63) is 74.9 Å². The average molecular weight is 447 g/mol. The Morgan fingerprint density at radius 1 is 0.970 bits per heavy atom. The van der Waals surface area contributed by atoms with Gasteiger partial charge in [-0.25, -0.2) is 9.59 Å². The molecule has 33 heavy (non-hydrogen) atoms. The quantitative estimate of drug-likeness (QED) is 0.448. The maximum absolute atomic E-state index is 12.8. The minimum absolute atomic E-state index is 0.0471. The molecule has 7 heteroatoms. The molecular weight excluding hydrogens is 422 g/mol. The van der Waals surface area contributed by atoms with Gasteiger partial charge in [-0.05, 0) is 62.5 Å². The molecule has 4 aromatic rings. The number of fused-ring (bicyclic) bond motifs is 2. The molecule has 0 bridgehead atoms. The fourth-order valence-corrected chi connectivity index (χ4v) is 4.74. The standard InChI is InChI=1S/C26H25NO6/c28-12-9-16-7-10-27(11-8-16)15-21-22(29)6-5-18-19(14-24(30)33-25(18)21)20-13-17-3-1-2-4-23(17)32-26(20)31/h1-6,13-14,16,28-29H,7-12,15H2. The van der Waals surface area contributed by atoms with Gasteiger partial charge in [0.25, 0.3) is 0 Å². The zero-order valence-electron chi connectivity index (χ0n) is 18.1. The summed E-state index contributed by atoms with van der Waals surface area (Å²) in [6.45, 7) is 2.29. The van der Waals surface area contributed by atoms with Gasteiger partial charge in [0.2, 0.25) is 0 Å². The number of aromatic hydroxyl groups is 1. The van der Waals surface area contributed by atoms with Gasteiger partial charge in [0.1, 0.15) is 16.9 Å². The van der Waals surface area contributed by atoms with Crippen LogP contribution >= 0.6 is 0 Å². The molecule has 0 spiro atoms. The van der Waals surface area contributed by atoms with Crippen LogP contribution in [0.25, 0.3) is 33.1 Å². The van der Waals surface area contributed by atoms with Gasteiger partial charge in [0, 0.05) is 35.6 Å². The smallest absolute Gasteiger partial charge is 0.344 e. The maximum Gasteiger partial charge on any atom is 0.344 e. The number of aliphatic hydroxyl groups is 1. The summed E-state index contributed by atoms with van der Waals surface area (Å²) in [5.41, 5.74) is 0.831. The SMILES string of the molecule is O=c1cc(-c2cc3ccccc3oc2=O)c2ccc(O)c(CN3CCC(CCO)CC3)c2o1. The van der Waals surface area contributed by atoms with E-state index in [1.165, 1.54) is 6.07 Å². The lowest BCUT2D eigenvalue weighted by atomic mass is 9.93. The predicted octanol–water partition coefficient (Wildman–Crippen LogP) is 3.87. The van der Waals surface area contributed by atoms with Crippen LogP contribution in [0, 0.1) is 5.92 Å². The molecule has 170 valence electrons. The first-order chi connectivity index (χ1) is 16.0. The van der Waals surface area contributed by atoms with E-state index in [0.717, 1.165) is 37.7 Å². The molecule has 3 heterocycles. The van der Waals surface area contributed by atoms with E-state index >= 15 is 0 Å². The Bertz CT molecular complexity index is 1430. The van der Waals surface area contributed by atoms with Crippen LogP contribution < -0.4 is 11.3 Å². The lowest BCUT2D eigenvalue weighted by molar-refractivity contribution is 0.152. The number of hydrogen-bond donors (Lipinski definition) is 2. The van der Waals surface area contributed by atoms with Crippen molar-refractivity contribution in [1.29, 1.82) is 0 Å². The highest BCUT2D eigenvalue weighted by atomic mass is 16.4. The van der Waals surface area contributed by atoms with Crippen LogP contribution in [0.15, 0.2) is 67.0 Å². The summed E-state index contributed by atoms with van der Waals surface area (Å²) in [6.07, 6.45) is 2.75. The third-order valence-corrected chi connectivity index (χ3v) is 6.55. The number of phenols is 1. The number of benzene rings is 2. The number of piperidine rings is 1. The number of rotatable bonds is 5. The summed E-state index contributed by atoms with van der Waals surface area (Å²) < 4.78 is 11.0. The van der Waals surface area contributed by atoms with Crippen molar-refractivity contribution in [2.45, 2.75) is 25.8 Å². The number of hydrogen-bond acceptors (Lipinski definition) is 7. The lowest BCUT2D eigenvalue weighted by Gasteiger charge is -2.31. The molecule has 0 radical (unpaired) electrons. The fourth-order valence-electron chi connectivity index (χ4n) is 4.74. The lowest BCUT2D eigenvalue weighted by Crippen LogP contribution is -2.33. The van der Waals surface area contributed by atoms with Crippen molar-refractivity contribution in [3.63, 3.8) is 0 Å². The second-order valence-electron chi connectivity index (χ2n) is 8.64. The highest BCUT2D eigenvalue weighted by molar-refractivity contribution is 5.97. The molecule has 2 aromatic carbocycles. The second-order valence-corrected chi connectivity index (χ2v) is 8.64. The molecule has 1 aliphatic rings. The van der Waals surface area contributed by atoms with Crippen molar-refractivity contribution in [3.8, 4) is 16.9 Å². The Morgan fingerprint density at radius 3 is 2.55 bits per heavy atom. The monoisotopic (exact) mass is 447 g/mol. The zero-order valence-corrected chi connectivity index (χ0v) is 18.1. The summed E-state index contributed by atoms with van der Waals surface area (Å²) in [6, 6.07) is 13.4. The van der Waals surface area contributed by atoms with E-state index in [0.29, 0.717) is 34.6 Å². The van der Waals surface area contributed by atoms with Crippen LogP contribution in [0.3, 0.4) is 0 Å². The minimum Gasteiger partial charge on any atom is -0.507 e. The molecule has 5 rings (SSSR count). The highest BCUT2D eigenvalue weighted by Crippen LogP contribution is 2.34. The molecule has 0 amide bonds. The first-order valence-corrected chi connectivity index (χ1v) is 11.2. The van der Waals surface area contributed by atoms with Gasteiger partial charge < -0.3 is 19.0 Å². The van der Waals surface area contributed by atoms with Crippen molar-refractivity contribution in [2.75, 3.05) is 19.7 Å². The summed E-state index contributed by atoms with van der Waals surface area (Å²) in [7, 11) is 0. The highest BCUT2D eigenvalue weighted by Gasteiger charge is 2.23. The molecule has 7 nitrogen and oxygen atoms in total. The van der Waals surface area contributed by atoms with Crippen LogP contribution in [0.4, 0.5) is 0 Å². The fraction of sp³-hybridized carbons (Fsp3) is 0.308. The summed E-state index contributed by atoms with van der Waals surface area (Å²) in [5.74, 6) is 0.551. The van der Waals surface area contributed by atoms with E-state index in [2.05, 4.69) is 4.90 Å². The van der Waals surface area contributed by atoms with E-state index in [1.54, 1.807) is 30.3 Å². The Kier molecular flexibility index (Phi) is 5.74. The zero-order chi connectivity index (χ0) is 22.9. The van der Waals surface area contributed by atoms with Gasteiger partial charge in [0.15, 0.2) is 0 Å². The minimum atomic E-state index is -0.599. The van der Waals surface area contributed by atoms with E-state index in [9.17, 15) is 19.8 Å². The van der Waals surface area contributed by atoms with Crippen molar-refractivity contribution in [2.24, 2.45) is 5.92 Å². The number of phenolic OH excluding ortho intramolecular Hbond substituents is 1. The average Bonchev–Trinajstić information content (AvgIpc) is 2.81. The molecule has 0 saturated carbocycles. The largest absolute Gasteiger partial charge is 0.507 e. The topological polar surface area (TPSA) is 104 Å². The van der Waals surface area contributed by atoms with Crippen LogP contribution in [0.5, 0.6) is 5.75 Å². The number of aliphatic hydroxyl groups excluding tert-OH is 1. The van der Waals surface area contributed by atoms with E-state index in [-0.39, 0.29) is 23.5 Å². The molecule has 2 aromatic heterocycles. The van der Waals surface area contributed by atoms with Gasteiger partial charge in [-0.15, -0.1) is 0 Å². The third-order valence-electron chi connectivity index (χ3n) is 6.55. The number of para-hydroxylation sites is 1. The maximum atomic E-state index is 12.8. The normalized spacial score (nSPS) is 15.4. The summed E-state index contributed by atoms with van der Waals surface area (Å²) >= 11 is 0. The van der Waals surface area contributed by atoms with E-state index in [1.807, 2.05) is 12.1 Å². The third kappa shape index (κ3) is 4.17. The van der Waals surface area contributed by atoms with Crippen LogP contribution in [0.1, 0.15) is 24.8 Å². The molecule has 1 fully saturated rings. The van der Waals surface area contributed by atoms with Crippen molar-refractivity contribution in [1.82, 2.24) is 4.90 Å². The Morgan fingerprint density at radius 2 is 1.76 bits per heavy atom. The summed E-state index contributed by atoms with van der Waals surface area (Å²) in [5, 5.41) is 21.1. The van der Waals surface area contributed by atoms with Crippen molar-refractivity contribution >= 4 is 21.9 Å². The van der Waals surface area contributed by atoms with E-state index < -0.39 is 11.3 Å². The number of likely N-dealkylation sites (tertiary alicyclic amines) is 1. The van der Waals surface area contributed by atoms with Crippen LogP contribution in [-0.4, -0.2) is 34.8 Å². The van der Waals surface area contributed by atoms with Gasteiger partial charge >= 0.3 is 11.3 Å².